The van der Waals surface area contributed by atoms with Crippen LogP contribution in [0.3, 0.4) is 0 Å². The Morgan fingerprint density at radius 3 is 1.56 bits per heavy atom. The van der Waals surface area contributed by atoms with Crippen LogP contribution in [-0.4, -0.2) is 16.1 Å². The van der Waals surface area contributed by atoms with Gasteiger partial charge in [0.25, 0.3) is 0 Å². The zero-order valence-electron chi connectivity index (χ0n) is 22.0. The molecule has 2 radical (unpaired) electrons. The Balaban J connectivity index is -0.0000000991. The molecular formula is C27H50Cl2OSiTi. The first-order chi connectivity index (χ1) is 12.4. The summed E-state index contributed by atoms with van der Waals surface area (Å²) in [5, 5.41) is 9.71. The van der Waals surface area contributed by atoms with Gasteiger partial charge >= 0.3 is 21.7 Å². The Labute approximate surface area is 233 Å². The van der Waals surface area contributed by atoms with E-state index in [0.29, 0.717) is 11.2 Å². The van der Waals surface area contributed by atoms with E-state index >= 15 is 0 Å². The molecule has 0 fully saturated rings. The fraction of sp³-hybridized carbons (Fsp3) is 0.556. The number of aromatic hydroxyl groups is 1. The summed E-state index contributed by atoms with van der Waals surface area (Å²) in [7, 11) is 0. The van der Waals surface area contributed by atoms with E-state index in [1.54, 1.807) is 0 Å². The topological polar surface area (TPSA) is 20.2 Å². The molecule has 2 rings (SSSR count). The van der Waals surface area contributed by atoms with Crippen LogP contribution in [0.25, 0.3) is 0 Å². The van der Waals surface area contributed by atoms with E-state index in [1.807, 2.05) is 12.1 Å². The smallest absolute Gasteiger partial charge is 0.508 e. The molecule has 0 spiro atoms. The van der Waals surface area contributed by atoms with E-state index in [0.717, 1.165) is 19.3 Å². The van der Waals surface area contributed by atoms with Gasteiger partial charge in [0.05, 0.1) is 0 Å². The van der Waals surface area contributed by atoms with Gasteiger partial charge in [-0.15, -0.1) is 31.2 Å². The van der Waals surface area contributed by atoms with Crippen LogP contribution in [-0.2, 0) is 34.6 Å². The van der Waals surface area contributed by atoms with Crippen LogP contribution in [0.5, 0.6) is 5.75 Å². The SMILES string of the molecule is CC(C)(C)C1=[C-]CC=C1.CCCCCc1cc(O)cc(CCCCC)c1.Cl.Cl.[CH3-].[CH3-].[SiH3].[Ti+3]. The number of aryl methyl sites for hydroxylation is 2. The summed E-state index contributed by atoms with van der Waals surface area (Å²) in [5.41, 5.74) is 4.24. The Kier molecular flexibility index (Phi) is 36.4. The molecule has 1 N–H and O–H groups in total. The number of hydrogen-bond donors (Lipinski definition) is 1. The van der Waals surface area contributed by atoms with Crippen molar-refractivity contribution >= 4 is 35.8 Å². The van der Waals surface area contributed by atoms with Crippen LogP contribution < -0.4 is 0 Å². The van der Waals surface area contributed by atoms with Gasteiger partial charge in [-0.05, 0) is 65.3 Å². The number of allylic oxidation sites excluding steroid dienone is 4. The second-order valence-electron chi connectivity index (χ2n) is 8.37. The first-order valence-electron chi connectivity index (χ1n) is 10.5. The quantitative estimate of drug-likeness (QED) is 0.202. The molecule has 0 atom stereocenters. The Morgan fingerprint density at radius 1 is 0.844 bits per heavy atom. The molecule has 5 heteroatoms. The van der Waals surface area contributed by atoms with E-state index < -0.39 is 0 Å². The first kappa shape index (κ1) is 45.5. The average molecular weight is 538 g/mol. The van der Waals surface area contributed by atoms with Crippen LogP contribution in [0.15, 0.2) is 35.9 Å². The zero-order chi connectivity index (χ0) is 19.4. The van der Waals surface area contributed by atoms with E-state index in [2.05, 4.69) is 58.9 Å². The molecular weight excluding hydrogens is 487 g/mol. The van der Waals surface area contributed by atoms with E-state index in [4.69, 9.17) is 0 Å². The van der Waals surface area contributed by atoms with Gasteiger partial charge in [-0.3, -0.25) is 6.08 Å². The van der Waals surface area contributed by atoms with Gasteiger partial charge in [-0.2, -0.15) is 6.08 Å². The standard InChI is InChI=1S/C16H26O.C9H13.2CH3.2ClH.H3Si.Ti/c1-3-5-7-9-14-11-15(10-8-6-4-2)13-16(17)12-14;1-9(2,3)8-6-4-5-7-8;;;;;;/h11-13,17H,3-10H2,1-2H3;4,6H,5H2,1-3H3;2*1H3;2*1H;1H3;/q;3*-1;;;;+3. The largest absolute Gasteiger partial charge is 3.00 e. The number of hydrogen-bond acceptors (Lipinski definition) is 1. The molecule has 0 saturated carbocycles. The van der Waals surface area contributed by atoms with Crippen LogP contribution in [0.4, 0.5) is 0 Å². The first-order valence-corrected chi connectivity index (χ1v) is 10.5. The Bertz CT molecular complexity index is 568. The van der Waals surface area contributed by atoms with E-state index in [1.165, 1.54) is 55.2 Å². The minimum Gasteiger partial charge on any atom is -0.508 e. The summed E-state index contributed by atoms with van der Waals surface area (Å²) < 4.78 is 0. The second-order valence-corrected chi connectivity index (χ2v) is 8.37. The summed E-state index contributed by atoms with van der Waals surface area (Å²) >= 11 is 0. The van der Waals surface area contributed by atoms with Crippen LogP contribution >= 0.6 is 24.8 Å². The molecule has 0 heterocycles. The molecule has 0 saturated heterocycles. The monoisotopic (exact) mass is 536 g/mol. The van der Waals surface area contributed by atoms with Gasteiger partial charge < -0.3 is 20.0 Å². The maximum Gasteiger partial charge on any atom is 3.00 e. The minimum atomic E-state index is 0. The molecule has 0 amide bonds. The van der Waals surface area contributed by atoms with Crippen LogP contribution in [0, 0.1) is 26.3 Å². The zero-order valence-corrected chi connectivity index (χ0v) is 27.2. The fourth-order valence-corrected chi connectivity index (χ4v) is 3.11. The molecule has 1 aliphatic carbocycles. The number of rotatable bonds is 8. The summed E-state index contributed by atoms with van der Waals surface area (Å²) in [6, 6.07) is 6.10. The van der Waals surface area contributed by atoms with Crippen molar-refractivity contribution in [2.45, 2.75) is 92.4 Å². The third kappa shape index (κ3) is 20.6. The van der Waals surface area contributed by atoms with Crippen LogP contribution in [0.1, 0.15) is 90.7 Å². The van der Waals surface area contributed by atoms with Crippen molar-refractivity contribution in [1.29, 1.82) is 0 Å². The van der Waals surface area contributed by atoms with Gasteiger partial charge in [0.15, 0.2) is 0 Å². The van der Waals surface area contributed by atoms with Gasteiger partial charge in [-0.1, -0.05) is 66.4 Å². The number of unbranched alkanes of at least 4 members (excludes halogenated alkanes) is 4. The fourth-order valence-electron chi connectivity index (χ4n) is 3.11. The maximum absolute atomic E-state index is 9.71. The third-order valence-electron chi connectivity index (χ3n) is 4.68. The number of benzene rings is 1. The van der Waals surface area contributed by atoms with Gasteiger partial charge in [-0.25, -0.2) is 11.6 Å². The molecule has 0 aliphatic heterocycles. The van der Waals surface area contributed by atoms with Crippen molar-refractivity contribution in [3.63, 3.8) is 0 Å². The van der Waals surface area contributed by atoms with Crippen molar-refractivity contribution < 1.29 is 26.8 Å². The minimum absolute atomic E-state index is 0. The molecule has 1 aromatic carbocycles. The molecule has 1 nitrogen and oxygen atoms in total. The van der Waals surface area contributed by atoms with Gasteiger partial charge in [0, 0.05) is 0 Å². The summed E-state index contributed by atoms with van der Waals surface area (Å²) in [6.07, 6.45) is 18.4. The maximum atomic E-state index is 9.71. The normalized spacial score (nSPS) is 10.8. The van der Waals surface area contributed by atoms with E-state index in [-0.39, 0.29) is 72.4 Å². The van der Waals surface area contributed by atoms with Crippen molar-refractivity contribution in [2.24, 2.45) is 5.41 Å². The summed E-state index contributed by atoms with van der Waals surface area (Å²) in [5.74, 6) is 0.436. The molecule has 0 bridgehead atoms. The molecule has 1 aliphatic rings. The number of halogens is 2. The Morgan fingerprint density at radius 2 is 1.28 bits per heavy atom. The number of phenols is 1. The van der Waals surface area contributed by atoms with Crippen molar-refractivity contribution in [3.8, 4) is 5.75 Å². The van der Waals surface area contributed by atoms with Crippen molar-refractivity contribution in [3.05, 3.63) is 68.0 Å². The van der Waals surface area contributed by atoms with E-state index in [9.17, 15) is 5.11 Å². The van der Waals surface area contributed by atoms with Crippen molar-refractivity contribution in [1.82, 2.24) is 0 Å². The molecule has 0 aromatic heterocycles. The predicted molar refractivity (Wildman–Crippen MR) is 152 cm³/mol. The van der Waals surface area contributed by atoms with Crippen LogP contribution in [0.2, 0.25) is 0 Å². The second kappa shape index (κ2) is 25.6. The summed E-state index contributed by atoms with van der Waals surface area (Å²) in [6.45, 7) is 11.1. The Hall–Kier alpha value is 0.0112. The van der Waals surface area contributed by atoms with Crippen molar-refractivity contribution in [2.75, 3.05) is 0 Å². The molecule has 32 heavy (non-hydrogen) atoms. The number of phenolic OH excluding ortho intramolecular Hbond substituents is 1. The summed E-state index contributed by atoms with van der Waals surface area (Å²) in [4.78, 5) is 0. The average Bonchev–Trinajstić information content (AvgIpc) is 3.10. The van der Waals surface area contributed by atoms with Gasteiger partial charge in [0.1, 0.15) is 5.75 Å². The predicted octanol–water partition coefficient (Wildman–Crippen LogP) is 8.14. The third-order valence-corrected chi connectivity index (χ3v) is 4.68. The van der Waals surface area contributed by atoms with Gasteiger partial charge in [0.2, 0.25) is 0 Å². The molecule has 1 aromatic rings. The molecule has 186 valence electrons. The molecule has 0 unspecified atom stereocenters.